The molecule has 1 atom stereocenters. The Morgan fingerprint density at radius 2 is 1.30 bits per heavy atom. The van der Waals surface area contributed by atoms with Crippen LogP contribution in [0.5, 0.6) is 0 Å². The van der Waals surface area contributed by atoms with Crippen LogP contribution in [0.4, 0.5) is 11.4 Å². The van der Waals surface area contributed by atoms with Crippen LogP contribution in [0.3, 0.4) is 0 Å². The average molecular weight is 623 g/mol. The van der Waals surface area contributed by atoms with Crippen LogP contribution >= 0.6 is 0 Å². The number of hydrogen-bond donors (Lipinski definition) is 0. The van der Waals surface area contributed by atoms with Crippen molar-refractivity contribution in [3.05, 3.63) is 132 Å². The van der Waals surface area contributed by atoms with Gasteiger partial charge >= 0.3 is 0 Å². The Balaban J connectivity index is 1.51. The number of anilines is 1. The van der Waals surface area contributed by atoms with E-state index >= 15 is 0 Å². The van der Waals surface area contributed by atoms with Crippen molar-refractivity contribution in [2.24, 2.45) is 5.18 Å². The van der Waals surface area contributed by atoms with Gasteiger partial charge in [-0.05, 0) is 80.8 Å². The second-order valence-electron chi connectivity index (χ2n) is 11.7. The van der Waals surface area contributed by atoms with Gasteiger partial charge in [0, 0.05) is 65.7 Å². The molecule has 0 N–H and O–H groups in total. The van der Waals surface area contributed by atoms with Crippen molar-refractivity contribution in [1.82, 2.24) is 9.88 Å². The summed E-state index contributed by atoms with van der Waals surface area (Å²) in [5, 5.41) is 3.55. The molecule has 6 rings (SSSR count). The Kier molecular flexibility index (Phi) is 9.77. The lowest BCUT2D eigenvalue weighted by atomic mass is 9.93. The lowest BCUT2D eigenvalue weighted by Gasteiger charge is -2.25. The quantitative estimate of drug-likeness (QED) is 0.130. The van der Waals surface area contributed by atoms with E-state index in [-0.39, 0.29) is 5.92 Å². The summed E-state index contributed by atoms with van der Waals surface area (Å²) in [5.41, 5.74) is 8.76. The van der Waals surface area contributed by atoms with Gasteiger partial charge in [-0.25, -0.2) is 4.98 Å². The van der Waals surface area contributed by atoms with Crippen LogP contribution in [0, 0.1) is 4.91 Å². The number of allylic oxidation sites excluding steroid dienone is 3. The molecule has 6 heteroatoms. The summed E-state index contributed by atoms with van der Waals surface area (Å²) in [6.45, 7) is 12.5. The predicted octanol–water partition coefficient (Wildman–Crippen LogP) is 10.9. The first-order valence-corrected chi connectivity index (χ1v) is 16.7. The number of hydrogen-bond acceptors (Lipinski definition) is 6. The third-order valence-corrected chi connectivity index (χ3v) is 9.09. The summed E-state index contributed by atoms with van der Waals surface area (Å²) in [4.78, 5) is 22.3. The lowest BCUT2D eigenvalue weighted by molar-refractivity contribution is 0.389. The Morgan fingerprint density at radius 1 is 0.723 bits per heavy atom. The summed E-state index contributed by atoms with van der Waals surface area (Å²) < 4.78 is 6.79. The number of nitrogens with zero attached hydrogens (tertiary/aromatic N) is 4. The van der Waals surface area contributed by atoms with Gasteiger partial charge in [-0.3, -0.25) is 0 Å². The standard InChI is InChI=1S/C41H42N4O2/c1-5-44(6-2)34-23-19-31(20-24-34)38-40(32-21-25-35(26-22-32)45(7-3)8-4)47-41(42-38)33-27-36(29-15-11-9-12-16-29)39(43-46)37(28-33)30-17-13-10-14-18-30/h9-21,23-28,32H,5-8,22H2,1-4H3. The van der Waals surface area contributed by atoms with Crippen LogP contribution in [-0.2, 0) is 0 Å². The van der Waals surface area contributed by atoms with Crippen molar-refractivity contribution in [3.63, 3.8) is 0 Å². The average Bonchev–Trinajstić information content (AvgIpc) is 3.59. The highest BCUT2D eigenvalue weighted by Crippen LogP contribution is 2.44. The lowest BCUT2D eigenvalue weighted by Crippen LogP contribution is -2.22. The third-order valence-electron chi connectivity index (χ3n) is 9.09. The Labute approximate surface area is 278 Å². The van der Waals surface area contributed by atoms with Crippen LogP contribution in [-0.4, -0.2) is 36.1 Å². The van der Waals surface area contributed by atoms with Crippen LogP contribution in [0.25, 0.3) is 45.0 Å². The molecular formula is C41H42N4O2. The highest BCUT2D eigenvalue weighted by molar-refractivity contribution is 5.92. The molecule has 4 aromatic carbocycles. The van der Waals surface area contributed by atoms with Gasteiger partial charge in [0.05, 0.1) is 0 Å². The maximum absolute atomic E-state index is 12.4. The van der Waals surface area contributed by atoms with E-state index in [4.69, 9.17) is 9.40 Å². The third kappa shape index (κ3) is 6.54. The molecule has 1 aromatic heterocycles. The zero-order chi connectivity index (χ0) is 32.8. The Hall–Kier alpha value is -5.23. The molecule has 47 heavy (non-hydrogen) atoms. The zero-order valence-electron chi connectivity index (χ0n) is 27.7. The first kappa shape index (κ1) is 31.7. The molecule has 0 aliphatic heterocycles. The highest BCUT2D eigenvalue weighted by atomic mass is 16.4. The van der Waals surface area contributed by atoms with Crippen LogP contribution in [0.2, 0.25) is 0 Å². The highest BCUT2D eigenvalue weighted by Gasteiger charge is 2.26. The minimum absolute atomic E-state index is 0.0334. The van der Waals surface area contributed by atoms with Crippen LogP contribution < -0.4 is 4.90 Å². The Morgan fingerprint density at radius 3 is 1.79 bits per heavy atom. The molecule has 0 saturated carbocycles. The molecule has 0 saturated heterocycles. The summed E-state index contributed by atoms with van der Waals surface area (Å²) in [7, 11) is 0. The fourth-order valence-electron chi connectivity index (χ4n) is 6.49. The largest absolute Gasteiger partial charge is 0.440 e. The van der Waals surface area contributed by atoms with Gasteiger partial charge < -0.3 is 14.2 Å². The molecule has 5 aromatic rings. The van der Waals surface area contributed by atoms with E-state index in [1.165, 1.54) is 11.4 Å². The summed E-state index contributed by atoms with van der Waals surface area (Å²) in [6, 6.07) is 32.4. The number of likely N-dealkylation sites (N-methyl/N-ethyl adjacent to an activating group) is 1. The maximum atomic E-state index is 12.4. The van der Waals surface area contributed by atoms with E-state index in [1.54, 1.807) is 0 Å². The molecule has 1 unspecified atom stereocenters. The molecule has 238 valence electrons. The minimum atomic E-state index is 0.0334. The molecule has 0 amide bonds. The van der Waals surface area contributed by atoms with Crippen molar-refractivity contribution in [3.8, 4) is 45.0 Å². The van der Waals surface area contributed by atoms with Gasteiger partial charge in [-0.15, -0.1) is 4.91 Å². The molecule has 6 nitrogen and oxygen atoms in total. The Bertz CT molecular complexity index is 1810. The van der Waals surface area contributed by atoms with E-state index in [1.807, 2.05) is 72.8 Å². The van der Waals surface area contributed by atoms with Crippen molar-refractivity contribution >= 4 is 11.4 Å². The maximum Gasteiger partial charge on any atom is 0.226 e. The van der Waals surface area contributed by atoms with Crippen molar-refractivity contribution in [2.45, 2.75) is 40.0 Å². The smallest absolute Gasteiger partial charge is 0.226 e. The SMILES string of the molecule is CCN(CC)C1=CCC(c2oc(-c3cc(-c4ccccc4)c(N=O)c(-c4ccccc4)c3)nc2-c2ccc(N(CC)CC)cc2)C=C1. The van der Waals surface area contributed by atoms with E-state index in [9.17, 15) is 4.91 Å². The van der Waals surface area contributed by atoms with Crippen molar-refractivity contribution in [1.29, 1.82) is 0 Å². The molecule has 0 spiro atoms. The van der Waals surface area contributed by atoms with E-state index in [0.29, 0.717) is 11.6 Å². The monoisotopic (exact) mass is 622 g/mol. The number of aromatic nitrogens is 1. The summed E-state index contributed by atoms with van der Waals surface area (Å²) >= 11 is 0. The molecule has 1 aliphatic rings. The zero-order valence-corrected chi connectivity index (χ0v) is 27.7. The number of benzene rings is 4. The predicted molar refractivity (Wildman–Crippen MR) is 195 cm³/mol. The second kappa shape index (κ2) is 14.5. The van der Waals surface area contributed by atoms with Gasteiger partial charge in [-0.2, -0.15) is 0 Å². The molecule has 0 fully saturated rings. The van der Waals surface area contributed by atoms with Gasteiger partial charge in [0.2, 0.25) is 5.89 Å². The first-order valence-electron chi connectivity index (χ1n) is 16.7. The molecule has 0 bridgehead atoms. The fourth-order valence-corrected chi connectivity index (χ4v) is 6.49. The number of rotatable bonds is 12. The van der Waals surface area contributed by atoms with Gasteiger partial charge in [0.1, 0.15) is 17.1 Å². The van der Waals surface area contributed by atoms with Crippen LogP contribution in [0.15, 0.2) is 131 Å². The van der Waals surface area contributed by atoms with E-state index in [2.05, 4.69) is 85.2 Å². The summed E-state index contributed by atoms with van der Waals surface area (Å²) in [6.07, 6.45) is 7.58. The normalized spacial score (nSPS) is 14.1. The van der Waals surface area contributed by atoms with Crippen molar-refractivity contribution < 1.29 is 4.42 Å². The van der Waals surface area contributed by atoms with Gasteiger partial charge in [0.25, 0.3) is 0 Å². The second-order valence-corrected chi connectivity index (χ2v) is 11.7. The minimum Gasteiger partial charge on any atom is -0.440 e. The van der Waals surface area contributed by atoms with E-state index in [0.717, 1.165) is 77.4 Å². The van der Waals surface area contributed by atoms with E-state index < -0.39 is 0 Å². The molecule has 1 aliphatic carbocycles. The van der Waals surface area contributed by atoms with Gasteiger partial charge in [0.15, 0.2) is 0 Å². The summed E-state index contributed by atoms with van der Waals surface area (Å²) in [5.74, 6) is 1.38. The molecular weight excluding hydrogens is 580 g/mol. The van der Waals surface area contributed by atoms with Crippen LogP contribution in [0.1, 0.15) is 45.8 Å². The fraction of sp³-hybridized carbons (Fsp3) is 0.244. The topological polar surface area (TPSA) is 61.9 Å². The molecule has 0 radical (unpaired) electrons. The van der Waals surface area contributed by atoms with Gasteiger partial charge in [-0.1, -0.05) is 84.9 Å². The number of nitroso groups, excluding NO2 is 1. The first-order chi connectivity index (χ1) is 23.1. The molecule has 1 heterocycles. The van der Waals surface area contributed by atoms with Crippen molar-refractivity contribution in [2.75, 3.05) is 31.1 Å². The number of oxazole rings is 1.